The van der Waals surface area contributed by atoms with Crippen LogP contribution in [-0.4, -0.2) is 67.2 Å². The van der Waals surface area contributed by atoms with Crippen LogP contribution >= 0.6 is 0 Å². The monoisotopic (exact) mass is 326 g/mol. The van der Waals surface area contributed by atoms with Crippen LogP contribution in [0.3, 0.4) is 0 Å². The van der Waals surface area contributed by atoms with E-state index in [1.165, 1.54) is 6.42 Å². The zero-order valence-electron chi connectivity index (χ0n) is 12.6. The van der Waals surface area contributed by atoms with Crippen molar-refractivity contribution in [2.24, 2.45) is 0 Å². The number of aromatic nitrogens is 2. The van der Waals surface area contributed by atoms with Crippen LogP contribution in [0.2, 0.25) is 0 Å². The molecule has 0 bridgehead atoms. The molecule has 3 heterocycles. The van der Waals surface area contributed by atoms with Gasteiger partial charge in [-0.1, -0.05) is 11.5 Å². The topological polar surface area (TPSA) is 79.5 Å². The fraction of sp³-hybridized carbons (Fsp3) is 0.857. The van der Waals surface area contributed by atoms with Gasteiger partial charge in [0.25, 0.3) is 0 Å². The van der Waals surface area contributed by atoms with Crippen LogP contribution in [0, 0.1) is 0 Å². The summed E-state index contributed by atoms with van der Waals surface area (Å²) in [7, 11) is -2.81. The fourth-order valence-corrected chi connectivity index (χ4v) is 5.28. The summed E-state index contributed by atoms with van der Waals surface area (Å²) >= 11 is 0. The first-order valence-electron chi connectivity index (χ1n) is 8.13. The molecule has 1 aromatic heterocycles. The molecule has 0 N–H and O–H groups in total. The summed E-state index contributed by atoms with van der Waals surface area (Å²) in [6.45, 7) is 3.37. The average Bonchev–Trinajstić information content (AvgIpc) is 3.04. The van der Waals surface area contributed by atoms with Gasteiger partial charge >= 0.3 is 6.01 Å². The van der Waals surface area contributed by atoms with Crippen LogP contribution in [0.1, 0.15) is 37.5 Å². The highest BCUT2D eigenvalue weighted by Crippen LogP contribution is 2.36. The molecular weight excluding hydrogens is 304 g/mol. The minimum Gasteiger partial charge on any atom is -0.408 e. The van der Waals surface area contributed by atoms with Gasteiger partial charge in [0.15, 0.2) is 9.84 Å². The summed E-state index contributed by atoms with van der Waals surface area (Å²) in [5.41, 5.74) is 0. The predicted molar refractivity (Wildman–Crippen MR) is 81.7 cm³/mol. The van der Waals surface area contributed by atoms with Crippen LogP contribution in [0.25, 0.3) is 0 Å². The number of piperazine rings is 1. The molecule has 122 valence electrons. The third-order valence-corrected chi connectivity index (χ3v) is 6.94. The maximum atomic E-state index is 11.6. The van der Waals surface area contributed by atoms with Gasteiger partial charge in [-0.05, 0) is 19.3 Å². The first-order chi connectivity index (χ1) is 10.6. The van der Waals surface area contributed by atoms with Gasteiger partial charge in [-0.3, -0.25) is 4.90 Å². The number of hydrogen-bond donors (Lipinski definition) is 0. The Hall–Kier alpha value is -1.15. The largest absolute Gasteiger partial charge is 0.408 e. The van der Waals surface area contributed by atoms with Crippen LogP contribution in [0.15, 0.2) is 4.42 Å². The minimum atomic E-state index is -2.81. The molecule has 3 fully saturated rings. The minimum absolute atomic E-state index is 0.195. The summed E-state index contributed by atoms with van der Waals surface area (Å²) in [5, 5.41) is 8.36. The number of sulfone groups is 1. The van der Waals surface area contributed by atoms with Gasteiger partial charge in [0.2, 0.25) is 5.89 Å². The molecule has 4 rings (SSSR count). The third kappa shape index (κ3) is 2.74. The number of rotatable bonds is 3. The molecule has 1 aromatic rings. The zero-order valence-corrected chi connectivity index (χ0v) is 13.5. The molecule has 1 saturated carbocycles. The van der Waals surface area contributed by atoms with Crippen molar-refractivity contribution in [1.29, 1.82) is 0 Å². The van der Waals surface area contributed by atoms with Crippen LogP contribution in [0.5, 0.6) is 0 Å². The molecular formula is C14H22N4O3S. The summed E-state index contributed by atoms with van der Waals surface area (Å²) in [4.78, 5) is 4.42. The molecule has 0 unspecified atom stereocenters. The molecule has 1 aliphatic carbocycles. The van der Waals surface area contributed by atoms with Gasteiger partial charge in [0, 0.05) is 38.1 Å². The Balaban J connectivity index is 1.34. The third-order valence-electron chi connectivity index (χ3n) is 5.19. The van der Waals surface area contributed by atoms with E-state index in [9.17, 15) is 8.42 Å². The fourth-order valence-electron chi connectivity index (χ4n) is 3.52. The van der Waals surface area contributed by atoms with Crippen LogP contribution < -0.4 is 4.90 Å². The molecule has 2 saturated heterocycles. The van der Waals surface area contributed by atoms with Gasteiger partial charge in [0.1, 0.15) is 0 Å². The molecule has 0 amide bonds. The number of anilines is 1. The van der Waals surface area contributed by atoms with Crippen molar-refractivity contribution < 1.29 is 12.8 Å². The summed E-state index contributed by atoms with van der Waals surface area (Å²) in [5.74, 6) is 1.91. The van der Waals surface area contributed by atoms with Crippen molar-refractivity contribution in [2.45, 2.75) is 37.6 Å². The number of hydrogen-bond acceptors (Lipinski definition) is 7. The summed E-state index contributed by atoms with van der Waals surface area (Å²) in [6, 6.07) is 0.820. The average molecular weight is 326 g/mol. The van der Waals surface area contributed by atoms with Crippen LogP contribution in [0.4, 0.5) is 6.01 Å². The Morgan fingerprint density at radius 2 is 1.82 bits per heavy atom. The van der Waals surface area contributed by atoms with E-state index in [0.29, 0.717) is 23.4 Å². The lowest BCUT2D eigenvalue weighted by molar-refractivity contribution is 0.197. The Kier molecular flexibility index (Phi) is 3.60. The lowest BCUT2D eigenvalue weighted by atomic mass is 9.85. The normalized spacial score (nSPS) is 29.6. The maximum absolute atomic E-state index is 11.6. The first kappa shape index (κ1) is 14.4. The van der Waals surface area contributed by atoms with Crippen molar-refractivity contribution in [2.75, 3.05) is 42.6 Å². The van der Waals surface area contributed by atoms with Crippen molar-refractivity contribution in [3.05, 3.63) is 5.89 Å². The molecule has 1 atom stereocenters. The van der Waals surface area contributed by atoms with Gasteiger partial charge in [0.05, 0.1) is 11.5 Å². The van der Waals surface area contributed by atoms with Crippen molar-refractivity contribution in [3.63, 3.8) is 0 Å². The van der Waals surface area contributed by atoms with E-state index in [1.54, 1.807) is 0 Å². The SMILES string of the molecule is O=S1(=O)CC[C@@H](N2CCN(c3nnc(C4CCC4)o3)CC2)C1. The quantitative estimate of drug-likeness (QED) is 0.806. The van der Waals surface area contributed by atoms with E-state index in [1.807, 2.05) is 0 Å². The Morgan fingerprint density at radius 1 is 1.05 bits per heavy atom. The van der Waals surface area contributed by atoms with Gasteiger partial charge in [-0.25, -0.2) is 8.42 Å². The second-order valence-electron chi connectivity index (χ2n) is 6.63. The van der Waals surface area contributed by atoms with Crippen LogP contribution in [-0.2, 0) is 9.84 Å². The number of nitrogens with zero attached hydrogens (tertiary/aromatic N) is 4. The van der Waals surface area contributed by atoms with E-state index in [4.69, 9.17) is 4.42 Å². The first-order valence-corrected chi connectivity index (χ1v) is 9.96. The summed E-state index contributed by atoms with van der Waals surface area (Å²) < 4.78 is 29.0. The van der Waals surface area contributed by atoms with Gasteiger partial charge < -0.3 is 9.32 Å². The lowest BCUT2D eigenvalue weighted by Gasteiger charge is -2.36. The molecule has 0 radical (unpaired) electrons. The Bertz CT molecular complexity index is 632. The maximum Gasteiger partial charge on any atom is 0.318 e. The van der Waals surface area contributed by atoms with Crippen molar-refractivity contribution in [3.8, 4) is 0 Å². The zero-order chi connectivity index (χ0) is 15.2. The highest BCUT2D eigenvalue weighted by molar-refractivity contribution is 7.91. The second-order valence-corrected chi connectivity index (χ2v) is 8.86. The molecule has 8 heteroatoms. The van der Waals surface area contributed by atoms with Gasteiger partial charge in [-0.2, -0.15) is 0 Å². The van der Waals surface area contributed by atoms with Gasteiger partial charge in [-0.15, -0.1) is 5.10 Å². The van der Waals surface area contributed by atoms with E-state index < -0.39 is 9.84 Å². The Morgan fingerprint density at radius 3 is 2.41 bits per heavy atom. The molecule has 0 spiro atoms. The highest BCUT2D eigenvalue weighted by atomic mass is 32.2. The smallest absolute Gasteiger partial charge is 0.318 e. The lowest BCUT2D eigenvalue weighted by Crippen LogP contribution is -2.50. The highest BCUT2D eigenvalue weighted by Gasteiger charge is 2.34. The predicted octanol–water partition coefficient (Wildman–Crippen LogP) is 0.646. The van der Waals surface area contributed by atoms with E-state index in [2.05, 4.69) is 20.0 Å². The van der Waals surface area contributed by atoms with E-state index in [-0.39, 0.29) is 6.04 Å². The molecule has 3 aliphatic rings. The molecule has 0 aromatic carbocycles. The Labute approximate surface area is 130 Å². The van der Waals surface area contributed by atoms with E-state index >= 15 is 0 Å². The molecule has 2 aliphatic heterocycles. The second kappa shape index (κ2) is 5.49. The van der Waals surface area contributed by atoms with Crippen molar-refractivity contribution in [1.82, 2.24) is 15.1 Å². The molecule has 7 nitrogen and oxygen atoms in total. The summed E-state index contributed by atoms with van der Waals surface area (Å²) in [6.07, 6.45) is 4.34. The standard InChI is InChI=1S/C14H22N4O3S/c19-22(20)9-4-12(10-22)17-5-7-18(8-6-17)14-16-15-13(21-14)11-2-1-3-11/h11-12H,1-10H2/t12-/m1/s1. The molecule has 22 heavy (non-hydrogen) atoms. The van der Waals surface area contributed by atoms with E-state index in [0.717, 1.165) is 51.3 Å². The van der Waals surface area contributed by atoms with Crippen molar-refractivity contribution >= 4 is 15.9 Å².